The Morgan fingerprint density at radius 2 is 2.00 bits per heavy atom. The van der Waals surface area contributed by atoms with Crippen molar-refractivity contribution in [2.75, 3.05) is 20.1 Å². The van der Waals surface area contributed by atoms with E-state index in [9.17, 15) is 13.2 Å². The first kappa shape index (κ1) is 15.6. The van der Waals surface area contributed by atoms with Crippen LogP contribution in [0, 0.1) is 11.3 Å². The quantitative estimate of drug-likeness (QED) is 0.851. The third-order valence-electron chi connectivity index (χ3n) is 4.23. The zero-order valence-electron chi connectivity index (χ0n) is 12.4. The molecule has 1 unspecified atom stereocenters. The minimum atomic E-state index is -4.43. The summed E-state index contributed by atoms with van der Waals surface area (Å²) in [6.07, 6.45) is -3.26. The highest BCUT2D eigenvalue weighted by atomic mass is 19.4. The molecule has 4 nitrogen and oxygen atoms in total. The molecule has 0 saturated carbocycles. The first-order valence-electron chi connectivity index (χ1n) is 7.07. The predicted molar refractivity (Wildman–Crippen MR) is 76.5 cm³/mol. The number of aromatic nitrogens is 1. The Balaban J connectivity index is 1.98. The van der Waals surface area contributed by atoms with E-state index in [0.717, 1.165) is 0 Å². The van der Waals surface area contributed by atoms with Crippen molar-refractivity contribution in [2.45, 2.75) is 18.0 Å². The summed E-state index contributed by atoms with van der Waals surface area (Å²) in [5.74, 6) is -0.297. The number of nitrogens with zero attached hydrogens (tertiary/aromatic N) is 3. The number of likely N-dealkylation sites (N-methyl/N-ethyl adjacent to an activating group) is 1. The normalized spacial score (nSPS) is 22.2. The highest BCUT2D eigenvalue weighted by Gasteiger charge is 2.61. The summed E-state index contributed by atoms with van der Waals surface area (Å²) in [5, 5.41) is 8.78. The third-order valence-corrected chi connectivity index (χ3v) is 4.23. The number of oxazole rings is 1. The van der Waals surface area contributed by atoms with Crippen LogP contribution in [0.15, 0.2) is 34.9 Å². The molecule has 0 bridgehead atoms. The Kier molecular flexibility index (Phi) is 3.65. The molecule has 0 radical (unpaired) electrons. The van der Waals surface area contributed by atoms with E-state index in [1.165, 1.54) is 6.26 Å². The number of hydrogen-bond donors (Lipinski definition) is 0. The summed E-state index contributed by atoms with van der Waals surface area (Å²) in [4.78, 5) is 5.72. The Morgan fingerprint density at radius 1 is 1.30 bits per heavy atom. The summed E-state index contributed by atoms with van der Waals surface area (Å²) in [6, 6.07) is 8.45. The largest absolute Gasteiger partial charge is 0.447 e. The molecular formula is C16H14F3N3O. The van der Waals surface area contributed by atoms with Gasteiger partial charge < -0.3 is 9.32 Å². The van der Waals surface area contributed by atoms with Crippen molar-refractivity contribution in [3.05, 3.63) is 42.0 Å². The van der Waals surface area contributed by atoms with Gasteiger partial charge in [0.15, 0.2) is 5.41 Å². The van der Waals surface area contributed by atoms with Crippen LogP contribution < -0.4 is 0 Å². The van der Waals surface area contributed by atoms with E-state index < -0.39 is 11.6 Å². The smallest absolute Gasteiger partial charge is 0.404 e. The molecule has 1 aromatic heterocycles. The van der Waals surface area contributed by atoms with E-state index in [-0.39, 0.29) is 18.9 Å². The van der Waals surface area contributed by atoms with Gasteiger partial charge in [-0.05, 0) is 32.1 Å². The molecule has 1 aliphatic rings. The van der Waals surface area contributed by atoms with Crippen molar-refractivity contribution >= 4 is 0 Å². The highest BCUT2D eigenvalue weighted by Crippen LogP contribution is 2.47. The number of likely N-dealkylation sites (tertiary alicyclic amines) is 1. The van der Waals surface area contributed by atoms with Gasteiger partial charge in [0.2, 0.25) is 5.89 Å². The summed E-state index contributed by atoms with van der Waals surface area (Å²) >= 11 is 0. The fraction of sp³-hybridized carbons (Fsp3) is 0.375. The first-order chi connectivity index (χ1) is 10.9. The van der Waals surface area contributed by atoms with E-state index in [0.29, 0.717) is 23.4 Å². The molecule has 7 heteroatoms. The maximum absolute atomic E-state index is 13.6. The molecule has 1 saturated heterocycles. The number of hydrogen-bond acceptors (Lipinski definition) is 4. The van der Waals surface area contributed by atoms with Crippen molar-refractivity contribution in [3.63, 3.8) is 0 Å². The molecule has 1 aliphatic heterocycles. The SMILES string of the molecule is CN1CCC(c2nc(-c3ccc(C#N)cc3)co2)(C(F)(F)F)C1. The Labute approximate surface area is 131 Å². The van der Waals surface area contributed by atoms with Crippen LogP contribution in [-0.2, 0) is 5.41 Å². The van der Waals surface area contributed by atoms with Crippen molar-refractivity contribution in [2.24, 2.45) is 0 Å². The van der Waals surface area contributed by atoms with Crippen LogP contribution in [0.4, 0.5) is 13.2 Å². The van der Waals surface area contributed by atoms with Crippen LogP contribution in [0.5, 0.6) is 0 Å². The number of alkyl halides is 3. The van der Waals surface area contributed by atoms with Gasteiger partial charge >= 0.3 is 6.18 Å². The van der Waals surface area contributed by atoms with Gasteiger partial charge in [-0.2, -0.15) is 18.4 Å². The molecule has 23 heavy (non-hydrogen) atoms. The van der Waals surface area contributed by atoms with Gasteiger partial charge in [0, 0.05) is 12.1 Å². The lowest BCUT2D eigenvalue weighted by Gasteiger charge is -2.28. The van der Waals surface area contributed by atoms with Gasteiger partial charge in [-0.25, -0.2) is 4.98 Å². The molecule has 0 aliphatic carbocycles. The molecule has 1 fully saturated rings. The van der Waals surface area contributed by atoms with Crippen LogP contribution in [0.25, 0.3) is 11.3 Å². The average Bonchev–Trinajstić information content (AvgIpc) is 3.14. The standard InChI is InChI=1S/C16H14F3N3O/c1-22-7-6-15(10-22,16(17,18)19)14-21-13(9-23-14)12-4-2-11(8-20)3-5-12/h2-5,9H,6-7,10H2,1H3. The second-order valence-corrected chi connectivity index (χ2v) is 5.79. The van der Waals surface area contributed by atoms with Crippen LogP contribution >= 0.6 is 0 Å². The Hall–Kier alpha value is -2.33. The lowest BCUT2D eigenvalue weighted by atomic mass is 9.86. The molecule has 0 N–H and O–H groups in total. The number of rotatable bonds is 2. The number of nitriles is 1. The van der Waals surface area contributed by atoms with Gasteiger partial charge in [-0.1, -0.05) is 12.1 Å². The zero-order chi connectivity index (χ0) is 16.7. The predicted octanol–water partition coefficient (Wildman–Crippen LogP) is 3.35. The van der Waals surface area contributed by atoms with Crippen LogP contribution in [-0.4, -0.2) is 36.2 Å². The van der Waals surface area contributed by atoms with Crippen molar-refractivity contribution in [1.82, 2.24) is 9.88 Å². The lowest BCUT2D eigenvalue weighted by Crippen LogP contribution is -2.44. The maximum atomic E-state index is 13.6. The van der Waals surface area contributed by atoms with Crippen molar-refractivity contribution in [3.8, 4) is 17.3 Å². The van der Waals surface area contributed by atoms with Crippen LogP contribution in [0.3, 0.4) is 0 Å². The first-order valence-corrected chi connectivity index (χ1v) is 7.07. The summed E-state index contributed by atoms with van der Waals surface area (Å²) < 4.78 is 46.1. The minimum Gasteiger partial charge on any atom is -0.447 e. The molecule has 0 amide bonds. The highest BCUT2D eigenvalue weighted by molar-refractivity contribution is 5.59. The van der Waals surface area contributed by atoms with Crippen LogP contribution in [0.2, 0.25) is 0 Å². The summed E-state index contributed by atoms with van der Waals surface area (Å²) in [6.45, 7) is 0.178. The van der Waals surface area contributed by atoms with Gasteiger partial charge in [-0.15, -0.1) is 0 Å². The average molecular weight is 321 g/mol. The summed E-state index contributed by atoms with van der Waals surface area (Å²) in [7, 11) is 1.65. The second kappa shape index (κ2) is 5.39. The van der Waals surface area contributed by atoms with Crippen LogP contribution in [0.1, 0.15) is 17.9 Å². The second-order valence-electron chi connectivity index (χ2n) is 5.79. The van der Waals surface area contributed by atoms with Crippen molar-refractivity contribution in [1.29, 1.82) is 5.26 Å². The fourth-order valence-electron chi connectivity index (χ4n) is 2.87. The number of halogens is 3. The number of benzene rings is 1. The van der Waals surface area contributed by atoms with Gasteiger partial charge in [0.1, 0.15) is 12.0 Å². The lowest BCUT2D eigenvalue weighted by molar-refractivity contribution is -0.192. The van der Waals surface area contributed by atoms with Gasteiger partial charge in [0.05, 0.1) is 11.6 Å². The van der Waals surface area contributed by atoms with Crippen molar-refractivity contribution < 1.29 is 17.6 Å². The minimum absolute atomic E-state index is 0.0691. The van der Waals surface area contributed by atoms with Gasteiger partial charge in [0.25, 0.3) is 0 Å². The fourth-order valence-corrected chi connectivity index (χ4v) is 2.87. The molecule has 1 atom stereocenters. The molecular weight excluding hydrogens is 307 g/mol. The zero-order valence-corrected chi connectivity index (χ0v) is 12.4. The molecule has 2 heterocycles. The van der Waals surface area contributed by atoms with E-state index >= 15 is 0 Å². The molecule has 120 valence electrons. The topological polar surface area (TPSA) is 53.1 Å². The van der Waals surface area contributed by atoms with E-state index in [1.807, 2.05) is 6.07 Å². The van der Waals surface area contributed by atoms with E-state index in [1.54, 1.807) is 36.2 Å². The van der Waals surface area contributed by atoms with Gasteiger partial charge in [-0.3, -0.25) is 0 Å². The van der Waals surface area contributed by atoms with E-state index in [2.05, 4.69) is 4.98 Å². The molecule has 1 aromatic carbocycles. The molecule has 3 rings (SSSR count). The maximum Gasteiger partial charge on any atom is 0.404 e. The molecule has 0 spiro atoms. The monoisotopic (exact) mass is 321 g/mol. The Bertz CT molecular complexity index is 745. The Morgan fingerprint density at radius 3 is 2.52 bits per heavy atom. The van der Waals surface area contributed by atoms with E-state index in [4.69, 9.17) is 9.68 Å². The third kappa shape index (κ3) is 2.59. The summed E-state index contributed by atoms with van der Waals surface area (Å²) in [5.41, 5.74) is -0.640. The molecule has 2 aromatic rings.